The molecule has 1 unspecified atom stereocenters. The maximum absolute atomic E-state index is 12.3. The molecule has 0 spiro atoms. The van der Waals surface area contributed by atoms with Crippen molar-refractivity contribution in [3.63, 3.8) is 0 Å². The highest BCUT2D eigenvalue weighted by Crippen LogP contribution is 2.25. The van der Waals surface area contributed by atoms with Crippen molar-refractivity contribution in [2.75, 3.05) is 26.2 Å². The molecule has 1 saturated heterocycles. The second-order valence-electron chi connectivity index (χ2n) is 5.62. The van der Waals surface area contributed by atoms with Gasteiger partial charge in [-0.3, -0.25) is 4.90 Å². The molecule has 1 aromatic heterocycles. The molecule has 0 amide bonds. The number of halogens is 1. The van der Waals surface area contributed by atoms with Gasteiger partial charge in [-0.25, -0.2) is 13.1 Å². The number of morpholine rings is 1. The first kappa shape index (κ1) is 18.0. The summed E-state index contributed by atoms with van der Waals surface area (Å²) in [7, 11) is -3.48. The van der Waals surface area contributed by atoms with Crippen LogP contribution in [0.15, 0.2) is 50.5 Å². The van der Waals surface area contributed by atoms with Crippen molar-refractivity contribution in [3.8, 4) is 0 Å². The van der Waals surface area contributed by atoms with E-state index in [1.807, 2.05) is 18.2 Å². The Bertz CT molecular complexity index is 765. The molecule has 2 aromatic rings. The third kappa shape index (κ3) is 4.87. The number of rotatable bonds is 6. The molecule has 3 rings (SSSR count). The van der Waals surface area contributed by atoms with Crippen LogP contribution in [0.3, 0.4) is 0 Å². The molecule has 0 saturated carbocycles. The molecule has 2 heterocycles. The number of nitrogens with one attached hydrogen (secondary N) is 1. The molecule has 130 valence electrons. The Morgan fingerprint density at radius 1 is 1.25 bits per heavy atom. The molecule has 0 radical (unpaired) electrons. The lowest BCUT2D eigenvalue weighted by molar-refractivity contribution is -0.0276. The lowest BCUT2D eigenvalue weighted by Crippen LogP contribution is -2.47. The zero-order chi connectivity index (χ0) is 17.0. The zero-order valence-corrected chi connectivity index (χ0v) is 16.2. The summed E-state index contributed by atoms with van der Waals surface area (Å²) in [4.78, 5) is 2.29. The first-order valence-corrected chi connectivity index (χ1v) is 10.7. The van der Waals surface area contributed by atoms with Crippen molar-refractivity contribution in [1.29, 1.82) is 0 Å². The number of nitrogens with zero attached hydrogens (tertiary/aromatic N) is 1. The molecule has 5 nitrogen and oxygen atoms in total. The van der Waals surface area contributed by atoms with Crippen molar-refractivity contribution in [1.82, 2.24) is 9.62 Å². The van der Waals surface area contributed by atoms with Gasteiger partial charge in [-0.1, -0.05) is 30.3 Å². The van der Waals surface area contributed by atoms with Crippen LogP contribution in [0.5, 0.6) is 0 Å². The number of ether oxygens (including phenoxy) is 1. The van der Waals surface area contributed by atoms with Crippen molar-refractivity contribution >= 4 is 37.3 Å². The number of benzene rings is 1. The topological polar surface area (TPSA) is 58.6 Å². The van der Waals surface area contributed by atoms with Crippen LogP contribution in [0.4, 0.5) is 0 Å². The first-order valence-electron chi connectivity index (χ1n) is 7.66. The first-order chi connectivity index (χ1) is 11.5. The van der Waals surface area contributed by atoms with E-state index in [1.165, 1.54) is 16.9 Å². The van der Waals surface area contributed by atoms with E-state index in [1.54, 1.807) is 12.1 Å². The number of hydrogen-bond donors (Lipinski definition) is 1. The normalized spacial score (nSPS) is 19.5. The monoisotopic (exact) mass is 430 g/mol. The van der Waals surface area contributed by atoms with Gasteiger partial charge in [-0.15, -0.1) is 11.3 Å². The maximum Gasteiger partial charge on any atom is 0.250 e. The van der Waals surface area contributed by atoms with E-state index in [0.717, 1.165) is 16.9 Å². The predicted octanol–water partition coefficient (Wildman–Crippen LogP) is 2.69. The Morgan fingerprint density at radius 2 is 2.04 bits per heavy atom. The fourth-order valence-corrected chi connectivity index (χ4v) is 5.73. The number of thiophene rings is 1. The van der Waals surface area contributed by atoms with Crippen LogP contribution in [0.2, 0.25) is 0 Å². The molecule has 1 atom stereocenters. The van der Waals surface area contributed by atoms with E-state index in [-0.39, 0.29) is 12.6 Å². The summed E-state index contributed by atoms with van der Waals surface area (Å²) in [6.07, 6.45) is -0.138. The second-order valence-corrected chi connectivity index (χ2v) is 10.1. The van der Waals surface area contributed by atoms with Crippen LogP contribution in [0.1, 0.15) is 5.56 Å². The maximum atomic E-state index is 12.3. The predicted molar refractivity (Wildman–Crippen MR) is 98.7 cm³/mol. The number of hydrogen-bond acceptors (Lipinski definition) is 5. The molecule has 1 N–H and O–H groups in total. The van der Waals surface area contributed by atoms with Gasteiger partial charge >= 0.3 is 0 Å². The smallest absolute Gasteiger partial charge is 0.250 e. The summed E-state index contributed by atoms with van der Waals surface area (Å²) >= 11 is 4.49. The van der Waals surface area contributed by atoms with E-state index in [2.05, 4.69) is 37.7 Å². The largest absolute Gasteiger partial charge is 0.374 e. The van der Waals surface area contributed by atoms with E-state index in [9.17, 15) is 8.42 Å². The van der Waals surface area contributed by atoms with Gasteiger partial charge in [0.25, 0.3) is 0 Å². The summed E-state index contributed by atoms with van der Waals surface area (Å²) < 4.78 is 34.0. The fourth-order valence-electron chi connectivity index (χ4n) is 2.61. The quantitative estimate of drug-likeness (QED) is 0.764. The van der Waals surface area contributed by atoms with Crippen molar-refractivity contribution in [2.24, 2.45) is 0 Å². The minimum absolute atomic E-state index is 0.138. The summed E-state index contributed by atoms with van der Waals surface area (Å²) in [6.45, 7) is 3.32. The Kier molecular flexibility index (Phi) is 6.07. The Balaban J connectivity index is 1.54. The van der Waals surface area contributed by atoms with Gasteiger partial charge in [-0.2, -0.15) is 0 Å². The molecular formula is C16H19BrN2O3S2. The summed E-state index contributed by atoms with van der Waals surface area (Å²) in [5.41, 5.74) is 1.25. The Labute approximate surface area is 154 Å². The third-order valence-electron chi connectivity index (χ3n) is 3.79. The molecule has 1 aromatic carbocycles. The van der Waals surface area contributed by atoms with Crippen LogP contribution in [-0.2, 0) is 21.3 Å². The molecule has 1 aliphatic heterocycles. The van der Waals surface area contributed by atoms with Crippen LogP contribution < -0.4 is 4.72 Å². The van der Waals surface area contributed by atoms with Gasteiger partial charge in [-0.05, 0) is 33.6 Å². The van der Waals surface area contributed by atoms with Gasteiger partial charge in [0.05, 0.1) is 16.5 Å². The highest BCUT2D eigenvalue weighted by molar-refractivity contribution is 9.11. The summed E-state index contributed by atoms with van der Waals surface area (Å²) in [6, 6.07) is 13.6. The SMILES string of the molecule is O=S(=O)(NCC1CN(Cc2ccccc2)CCO1)c1ccc(Br)s1. The van der Waals surface area contributed by atoms with Crippen molar-refractivity contribution in [3.05, 3.63) is 51.8 Å². The van der Waals surface area contributed by atoms with Gasteiger partial charge in [0.15, 0.2) is 0 Å². The Morgan fingerprint density at radius 3 is 2.75 bits per heavy atom. The average Bonchev–Trinajstić information content (AvgIpc) is 3.02. The standard InChI is InChI=1S/C16H19BrN2O3S2/c17-15-6-7-16(23-15)24(20,21)18-10-14-12-19(8-9-22-14)11-13-4-2-1-3-5-13/h1-7,14,18H,8-12H2. The molecule has 0 bridgehead atoms. The highest BCUT2D eigenvalue weighted by atomic mass is 79.9. The van der Waals surface area contributed by atoms with Crippen LogP contribution in [0.25, 0.3) is 0 Å². The molecular weight excluding hydrogens is 412 g/mol. The van der Waals surface area contributed by atoms with Crippen molar-refractivity contribution < 1.29 is 13.2 Å². The van der Waals surface area contributed by atoms with E-state index >= 15 is 0 Å². The second kappa shape index (κ2) is 8.07. The zero-order valence-electron chi connectivity index (χ0n) is 13.0. The molecule has 24 heavy (non-hydrogen) atoms. The van der Waals surface area contributed by atoms with Gasteiger partial charge < -0.3 is 4.74 Å². The average molecular weight is 431 g/mol. The van der Waals surface area contributed by atoms with E-state index in [4.69, 9.17) is 4.74 Å². The third-order valence-corrected chi connectivity index (χ3v) is 7.33. The van der Waals surface area contributed by atoms with E-state index < -0.39 is 10.0 Å². The molecule has 1 aliphatic rings. The van der Waals surface area contributed by atoms with Gasteiger partial charge in [0.2, 0.25) is 10.0 Å². The molecule has 1 fully saturated rings. The number of sulfonamides is 1. The minimum atomic E-state index is -3.48. The van der Waals surface area contributed by atoms with E-state index in [0.29, 0.717) is 17.4 Å². The fraction of sp³-hybridized carbons (Fsp3) is 0.375. The molecule has 8 heteroatoms. The van der Waals surface area contributed by atoms with Crippen LogP contribution >= 0.6 is 27.3 Å². The minimum Gasteiger partial charge on any atom is -0.374 e. The Hall–Kier alpha value is -0.770. The highest BCUT2D eigenvalue weighted by Gasteiger charge is 2.23. The van der Waals surface area contributed by atoms with Gasteiger partial charge in [0.1, 0.15) is 4.21 Å². The lowest BCUT2D eigenvalue weighted by Gasteiger charge is -2.33. The molecule has 0 aliphatic carbocycles. The van der Waals surface area contributed by atoms with Crippen LogP contribution in [0, 0.1) is 0 Å². The lowest BCUT2D eigenvalue weighted by atomic mass is 10.2. The summed E-state index contributed by atoms with van der Waals surface area (Å²) in [5.74, 6) is 0. The summed E-state index contributed by atoms with van der Waals surface area (Å²) in [5, 5.41) is 0. The van der Waals surface area contributed by atoms with Gasteiger partial charge in [0, 0.05) is 26.2 Å². The van der Waals surface area contributed by atoms with Crippen LogP contribution in [-0.4, -0.2) is 45.7 Å². The van der Waals surface area contributed by atoms with Crippen molar-refractivity contribution in [2.45, 2.75) is 16.9 Å².